The molecule has 196 valence electrons. The Morgan fingerprint density at radius 2 is 1.92 bits per heavy atom. The zero-order valence-electron chi connectivity index (χ0n) is 22.2. The lowest BCUT2D eigenvalue weighted by Gasteiger charge is -2.16. The topological polar surface area (TPSA) is 65.7 Å². The number of aromatic nitrogens is 2. The molecule has 1 aromatic heterocycles. The number of benzene rings is 3. The summed E-state index contributed by atoms with van der Waals surface area (Å²) in [5.41, 5.74) is 4.41. The first-order valence-corrected chi connectivity index (χ1v) is 13.4. The third kappa shape index (κ3) is 6.05. The number of hydrogen-bond acceptors (Lipinski definition) is 5. The molecule has 0 aliphatic carbocycles. The van der Waals surface area contributed by atoms with E-state index in [1.807, 2.05) is 37.3 Å². The zero-order chi connectivity index (χ0) is 27.2. The van der Waals surface area contributed by atoms with Crippen LogP contribution in [0.3, 0.4) is 0 Å². The first-order chi connectivity index (χ1) is 18.3. The molecule has 0 aliphatic heterocycles. The molecule has 0 saturated carbocycles. The van der Waals surface area contributed by atoms with E-state index in [1.54, 1.807) is 19.4 Å². The number of fused-ring (bicyclic) bond motifs is 1. The molecule has 0 fully saturated rings. The number of methoxy groups -OCH3 is 1. The van der Waals surface area contributed by atoms with Gasteiger partial charge >= 0.3 is 0 Å². The van der Waals surface area contributed by atoms with Gasteiger partial charge < -0.3 is 9.47 Å². The first kappa shape index (κ1) is 27.3. The number of allylic oxidation sites excluding steroid dienone is 1. The summed E-state index contributed by atoms with van der Waals surface area (Å²) in [6.07, 6.45) is 4.90. The van der Waals surface area contributed by atoms with Crippen molar-refractivity contribution in [2.75, 3.05) is 7.11 Å². The third-order valence-electron chi connectivity index (χ3n) is 6.45. The van der Waals surface area contributed by atoms with Crippen molar-refractivity contribution in [1.29, 1.82) is 0 Å². The van der Waals surface area contributed by atoms with Crippen LogP contribution in [0.4, 0.5) is 0 Å². The average molecular weight is 575 g/mol. The Labute approximate surface area is 231 Å². The Morgan fingerprint density at radius 1 is 1.16 bits per heavy atom. The van der Waals surface area contributed by atoms with Crippen molar-refractivity contribution in [3.05, 3.63) is 110 Å². The van der Waals surface area contributed by atoms with Gasteiger partial charge in [-0.2, -0.15) is 9.78 Å². The fourth-order valence-corrected chi connectivity index (χ4v) is 4.49. The minimum Gasteiger partial charge on any atom is -0.493 e. The van der Waals surface area contributed by atoms with Gasteiger partial charge in [0.15, 0.2) is 11.5 Å². The van der Waals surface area contributed by atoms with Crippen LogP contribution in [-0.2, 0) is 13.0 Å². The highest BCUT2D eigenvalue weighted by Crippen LogP contribution is 2.34. The van der Waals surface area contributed by atoms with Gasteiger partial charge in [0.1, 0.15) is 12.4 Å². The smallest absolute Gasteiger partial charge is 0.282 e. The maximum Gasteiger partial charge on any atom is 0.282 e. The molecule has 0 unspecified atom stereocenters. The fraction of sp³-hybridized carbons (Fsp3) is 0.258. The van der Waals surface area contributed by atoms with Crippen molar-refractivity contribution in [3.63, 3.8) is 0 Å². The summed E-state index contributed by atoms with van der Waals surface area (Å²) in [7, 11) is 1.61. The van der Waals surface area contributed by atoms with Crippen molar-refractivity contribution in [3.8, 4) is 11.5 Å². The summed E-state index contributed by atoms with van der Waals surface area (Å²) >= 11 is 3.46. The number of rotatable bonds is 10. The maximum atomic E-state index is 13.5. The predicted molar refractivity (Wildman–Crippen MR) is 158 cm³/mol. The predicted octanol–water partition coefficient (Wildman–Crippen LogP) is 7.18. The molecule has 1 atom stereocenters. The number of nitrogens with zero attached hydrogens (tertiary/aromatic N) is 3. The Morgan fingerprint density at radius 3 is 2.61 bits per heavy atom. The molecule has 38 heavy (non-hydrogen) atoms. The molecule has 1 heterocycles. The SMILES string of the molecule is C=CCc1cc(C=Nn2c([C@H](C)CC)nc3ccc(Br)cc3c2=O)cc(OC)c1OCc1ccc(C)cc1. The third-order valence-corrected chi connectivity index (χ3v) is 6.94. The molecular formula is C31H32BrN3O3. The highest BCUT2D eigenvalue weighted by molar-refractivity contribution is 9.10. The van der Waals surface area contributed by atoms with Crippen LogP contribution in [0, 0.1) is 6.92 Å². The van der Waals surface area contributed by atoms with Gasteiger partial charge in [-0.25, -0.2) is 4.98 Å². The van der Waals surface area contributed by atoms with E-state index >= 15 is 0 Å². The van der Waals surface area contributed by atoms with Crippen LogP contribution in [0.5, 0.6) is 11.5 Å². The highest BCUT2D eigenvalue weighted by Gasteiger charge is 2.17. The van der Waals surface area contributed by atoms with E-state index in [9.17, 15) is 4.79 Å². The van der Waals surface area contributed by atoms with E-state index < -0.39 is 0 Å². The minimum atomic E-state index is -0.209. The van der Waals surface area contributed by atoms with Gasteiger partial charge in [-0.05, 0) is 61.2 Å². The van der Waals surface area contributed by atoms with Crippen molar-refractivity contribution >= 4 is 33.0 Å². The first-order valence-electron chi connectivity index (χ1n) is 12.6. The summed E-state index contributed by atoms with van der Waals surface area (Å²) in [6.45, 7) is 10.5. The van der Waals surface area contributed by atoms with Crippen molar-refractivity contribution in [2.24, 2.45) is 5.10 Å². The van der Waals surface area contributed by atoms with Crippen LogP contribution < -0.4 is 15.0 Å². The molecule has 0 aliphatic rings. The van der Waals surface area contributed by atoms with E-state index in [0.717, 1.165) is 27.6 Å². The summed E-state index contributed by atoms with van der Waals surface area (Å²) in [6, 6.07) is 17.6. The van der Waals surface area contributed by atoms with Crippen LogP contribution >= 0.6 is 15.9 Å². The van der Waals surface area contributed by atoms with E-state index in [0.29, 0.717) is 41.3 Å². The number of ether oxygens (including phenoxy) is 2. The number of hydrogen-bond donors (Lipinski definition) is 0. The van der Waals surface area contributed by atoms with Crippen LogP contribution in [-0.4, -0.2) is 23.0 Å². The second-order valence-corrected chi connectivity index (χ2v) is 10.2. The van der Waals surface area contributed by atoms with Gasteiger partial charge in [0.2, 0.25) is 0 Å². The quantitative estimate of drug-likeness (QED) is 0.149. The molecule has 6 nitrogen and oxygen atoms in total. The molecule has 0 bridgehead atoms. The number of aryl methyl sites for hydroxylation is 1. The molecule has 4 rings (SSSR count). The standard InChI is InChI=1S/C31H32BrN3O3/c1-6-8-24-15-23(16-28(37-5)29(24)38-19-22-11-9-20(3)10-12-22)18-33-35-30(21(4)7-2)34-27-14-13-25(32)17-26(27)31(35)36/h6,9-18,21H,1,7-8,19H2,2-5H3/t21-/m1/s1. The molecule has 0 spiro atoms. The van der Waals surface area contributed by atoms with Crippen LogP contribution in [0.2, 0.25) is 0 Å². The molecule has 0 N–H and O–H groups in total. The molecule has 0 radical (unpaired) electrons. The fourth-order valence-electron chi connectivity index (χ4n) is 4.12. The lowest BCUT2D eigenvalue weighted by Crippen LogP contribution is -2.23. The lowest BCUT2D eigenvalue weighted by atomic mass is 10.1. The van der Waals surface area contributed by atoms with Gasteiger partial charge in [0.05, 0.1) is 24.2 Å². The van der Waals surface area contributed by atoms with E-state index in [4.69, 9.17) is 14.5 Å². The summed E-state index contributed by atoms with van der Waals surface area (Å²) in [5.74, 6) is 1.93. The van der Waals surface area contributed by atoms with Gasteiger partial charge in [-0.1, -0.05) is 65.7 Å². The Hall–Kier alpha value is -3.71. The normalized spacial score (nSPS) is 12.1. The van der Waals surface area contributed by atoms with Gasteiger partial charge in [-0.3, -0.25) is 4.79 Å². The second kappa shape index (κ2) is 12.2. The molecule has 0 amide bonds. The summed E-state index contributed by atoms with van der Waals surface area (Å²) in [5, 5.41) is 5.12. The Kier molecular flexibility index (Phi) is 8.79. The van der Waals surface area contributed by atoms with Crippen LogP contribution in [0.1, 0.15) is 54.3 Å². The zero-order valence-corrected chi connectivity index (χ0v) is 23.8. The van der Waals surface area contributed by atoms with Crippen LogP contribution in [0.15, 0.2) is 81.6 Å². The van der Waals surface area contributed by atoms with Crippen molar-refractivity contribution < 1.29 is 9.47 Å². The monoisotopic (exact) mass is 573 g/mol. The molecule has 7 heteroatoms. The van der Waals surface area contributed by atoms with Crippen LogP contribution in [0.25, 0.3) is 10.9 Å². The van der Waals surface area contributed by atoms with Gasteiger partial charge in [0.25, 0.3) is 5.56 Å². The summed E-state index contributed by atoms with van der Waals surface area (Å²) in [4.78, 5) is 18.2. The Balaban J connectivity index is 1.74. The molecule has 4 aromatic rings. The molecule has 0 saturated heterocycles. The molecule has 3 aromatic carbocycles. The van der Waals surface area contributed by atoms with E-state index in [2.05, 4.69) is 65.7 Å². The minimum absolute atomic E-state index is 0.0521. The number of halogens is 1. The highest BCUT2D eigenvalue weighted by atomic mass is 79.9. The van der Waals surface area contributed by atoms with E-state index in [1.165, 1.54) is 10.2 Å². The Bertz CT molecular complexity index is 1540. The largest absolute Gasteiger partial charge is 0.493 e. The van der Waals surface area contributed by atoms with Crippen molar-refractivity contribution in [1.82, 2.24) is 9.66 Å². The maximum absolute atomic E-state index is 13.5. The van der Waals surface area contributed by atoms with E-state index in [-0.39, 0.29) is 11.5 Å². The van der Waals surface area contributed by atoms with Gasteiger partial charge in [0, 0.05) is 16.0 Å². The average Bonchev–Trinajstić information content (AvgIpc) is 2.92. The lowest BCUT2D eigenvalue weighted by molar-refractivity contribution is 0.282. The second-order valence-electron chi connectivity index (χ2n) is 9.28. The summed E-state index contributed by atoms with van der Waals surface area (Å²) < 4.78 is 14.1. The van der Waals surface area contributed by atoms with Crippen molar-refractivity contribution in [2.45, 2.75) is 46.1 Å². The van der Waals surface area contributed by atoms with Gasteiger partial charge in [-0.15, -0.1) is 6.58 Å². The molecular weight excluding hydrogens is 542 g/mol.